The van der Waals surface area contributed by atoms with E-state index in [1.54, 1.807) is 58.1 Å². The summed E-state index contributed by atoms with van der Waals surface area (Å²) >= 11 is 0. The van der Waals surface area contributed by atoms with E-state index in [9.17, 15) is 0 Å². The summed E-state index contributed by atoms with van der Waals surface area (Å²) in [6, 6.07) is 8.17. The largest absolute Gasteiger partial charge is 0.0771 e. The molecule has 0 nitrogen and oxygen atoms in total. The summed E-state index contributed by atoms with van der Waals surface area (Å²) in [6.07, 6.45) is 0. The van der Waals surface area contributed by atoms with Crippen LogP contribution in [0, 0.1) is 0 Å². The number of hydrogen-bond acceptors (Lipinski definition) is 6. The van der Waals surface area contributed by atoms with Gasteiger partial charge in [-0.25, -0.2) is 0 Å². The van der Waals surface area contributed by atoms with E-state index in [4.69, 9.17) is 0 Å². The third kappa shape index (κ3) is 6.10. The lowest BCUT2D eigenvalue weighted by atomic mass is 10.5. The van der Waals surface area contributed by atoms with Gasteiger partial charge in [-0.2, -0.15) is 0 Å². The van der Waals surface area contributed by atoms with E-state index < -0.39 is 0 Å². The van der Waals surface area contributed by atoms with Gasteiger partial charge >= 0.3 is 0 Å². The molecule has 0 amide bonds. The van der Waals surface area contributed by atoms with Crippen LogP contribution in [-0.2, 0) is 0 Å². The molecule has 66 valence electrons. The standard InChI is InChI=1S/C6H6S6/c1-2-4-6-8-10-12-11-9-7-5-3-1/h1-6H. The smallest absolute Gasteiger partial charge is 0.00217 e. The van der Waals surface area contributed by atoms with Crippen molar-refractivity contribution in [3.63, 3.8) is 0 Å². The fourth-order valence-electron chi connectivity index (χ4n) is 0.383. The van der Waals surface area contributed by atoms with Gasteiger partial charge in [0.05, 0.1) is 0 Å². The van der Waals surface area contributed by atoms with Crippen molar-refractivity contribution < 1.29 is 0 Å². The molecule has 0 saturated carbocycles. The maximum Gasteiger partial charge on any atom is 0.00217 e. The minimum Gasteiger partial charge on any atom is -0.0771 e. The van der Waals surface area contributed by atoms with Gasteiger partial charge in [0.1, 0.15) is 0 Å². The lowest BCUT2D eigenvalue weighted by molar-refractivity contribution is 1.86. The Morgan fingerprint density at radius 3 is 1.50 bits per heavy atom. The second-order valence-corrected chi connectivity index (χ2v) is 10.7. The molecule has 0 bridgehead atoms. The van der Waals surface area contributed by atoms with Gasteiger partial charge in [0.15, 0.2) is 0 Å². The molecule has 0 radical (unpaired) electrons. The van der Waals surface area contributed by atoms with Crippen LogP contribution in [0.1, 0.15) is 0 Å². The molecule has 6 heteroatoms. The van der Waals surface area contributed by atoms with Crippen molar-refractivity contribution in [1.29, 1.82) is 0 Å². The van der Waals surface area contributed by atoms with Gasteiger partial charge in [0.2, 0.25) is 0 Å². The van der Waals surface area contributed by atoms with Gasteiger partial charge in [0.25, 0.3) is 0 Å². The van der Waals surface area contributed by atoms with E-state index in [0.29, 0.717) is 0 Å². The molecule has 1 aromatic heterocycles. The summed E-state index contributed by atoms with van der Waals surface area (Å²) in [5, 5.41) is 4.17. The summed E-state index contributed by atoms with van der Waals surface area (Å²) in [5.41, 5.74) is 0. The van der Waals surface area contributed by atoms with Crippen molar-refractivity contribution in [2.45, 2.75) is 0 Å². The van der Waals surface area contributed by atoms with Crippen LogP contribution in [0.4, 0.5) is 0 Å². The highest BCUT2D eigenvalue weighted by molar-refractivity contribution is 8.18. The van der Waals surface area contributed by atoms with E-state index in [1.807, 2.05) is 24.3 Å². The molecule has 0 aliphatic heterocycles. The molecule has 0 fully saturated rings. The highest BCUT2D eigenvalue weighted by atomic mass is 33.5. The fraction of sp³-hybridized carbons (Fsp3) is 0. The first kappa shape index (κ1) is 10.6. The Bertz CT molecular complexity index is 187. The van der Waals surface area contributed by atoms with E-state index in [1.165, 1.54) is 0 Å². The zero-order valence-corrected chi connectivity index (χ0v) is 10.8. The molecular weight excluding hydrogens is 264 g/mol. The third-order valence-corrected chi connectivity index (χ3v) is 10.7. The van der Waals surface area contributed by atoms with Gasteiger partial charge in [-0.1, -0.05) is 44.9 Å². The topological polar surface area (TPSA) is 0 Å². The summed E-state index contributed by atoms with van der Waals surface area (Å²) in [5.74, 6) is 0. The minimum atomic E-state index is 1.75. The van der Waals surface area contributed by atoms with Gasteiger partial charge in [-0.3, -0.25) is 0 Å². The number of rotatable bonds is 0. The first-order chi connectivity index (χ1) is 6.00. The lowest BCUT2D eigenvalue weighted by Crippen LogP contribution is -1.38. The Hall–Kier alpha value is 0.540. The average molecular weight is 271 g/mol. The molecule has 1 aromatic rings. The van der Waals surface area contributed by atoms with E-state index in [-0.39, 0.29) is 0 Å². The highest BCUT2D eigenvalue weighted by Gasteiger charge is 1.61. The maximum absolute atomic E-state index is 2.09. The normalized spacial score (nSPS) is 8.00. The van der Waals surface area contributed by atoms with Crippen LogP contribution < -0.4 is 0 Å². The molecule has 1 heterocycles. The zero-order chi connectivity index (χ0) is 8.49. The van der Waals surface area contributed by atoms with Crippen molar-refractivity contribution in [2.75, 3.05) is 0 Å². The molecule has 0 atom stereocenters. The molecule has 0 aromatic carbocycles. The van der Waals surface area contributed by atoms with Crippen molar-refractivity contribution >= 4 is 58.1 Å². The third-order valence-electron chi connectivity index (χ3n) is 0.763. The SMILES string of the molecule is c1cccsssssscc1. The molecule has 0 aliphatic rings. The monoisotopic (exact) mass is 270 g/mol. The number of hydrogen-bond donors (Lipinski definition) is 0. The van der Waals surface area contributed by atoms with Crippen molar-refractivity contribution in [2.24, 2.45) is 0 Å². The summed E-state index contributed by atoms with van der Waals surface area (Å²) < 4.78 is 0. The molecule has 12 heavy (non-hydrogen) atoms. The minimum absolute atomic E-state index is 1.75. The fourth-order valence-corrected chi connectivity index (χ4v) is 10.3. The Morgan fingerprint density at radius 1 is 0.500 bits per heavy atom. The van der Waals surface area contributed by atoms with Crippen LogP contribution >= 0.6 is 58.1 Å². The first-order valence-corrected chi connectivity index (χ1v) is 10.6. The summed E-state index contributed by atoms with van der Waals surface area (Å²) in [4.78, 5) is 0. The lowest BCUT2D eigenvalue weighted by Gasteiger charge is -1.67. The molecule has 0 N–H and O–H groups in total. The maximum atomic E-state index is 2.09. The second-order valence-electron chi connectivity index (χ2n) is 1.51. The van der Waals surface area contributed by atoms with Crippen molar-refractivity contribution in [3.05, 3.63) is 35.0 Å². The van der Waals surface area contributed by atoms with Gasteiger partial charge in [0, 0.05) is 10.8 Å². The van der Waals surface area contributed by atoms with Crippen LogP contribution in [0.25, 0.3) is 0 Å². The van der Waals surface area contributed by atoms with Gasteiger partial charge in [-0.15, -0.1) is 0 Å². The van der Waals surface area contributed by atoms with Crippen molar-refractivity contribution in [3.8, 4) is 0 Å². The van der Waals surface area contributed by atoms with E-state index in [0.717, 1.165) is 0 Å². The van der Waals surface area contributed by atoms with Crippen molar-refractivity contribution in [1.82, 2.24) is 0 Å². The van der Waals surface area contributed by atoms with Crippen LogP contribution in [-0.4, -0.2) is 0 Å². The highest BCUT2D eigenvalue weighted by Crippen LogP contribution is 2.16. The zero-order valence-electron chi connectivity index (χ0n) is 5.91. The summed E-state index contributed by atoms with van der Waals surface area (Å²) in [6.45, 7) is 0. The molecule has 1 rings (SSSR count). The van der Waals surface area contributed by atoms with Crippen LogP contribution in [0.5, 0.6) is 0 Å². The quantitative estimate of drug-likeness (QED) is 0.552. The molecule has 0 unspecified atom stereocenters. The molecule has 0 saturated heterocycles. The Labute approximate surface area is 92.3 Å². The van der Waals surface area contributed by atoms with Crippen LogP contribution in [0.3, 0.4) is 0 Å². The summed E-state index contributed by atoms with van der Waals surface area (Å²) in [7, 11) is 10.7. The van der Waals surface area contributed by atoms with E-state index in [2.05, 4.69) is 10.8 Å². The first-order valence-electron chi connectivity index (χ1n) is 2.97. The molecular formula is C6H6S6. The Morgan fingerprint density at radius 2 is 1.00 bits per heavy atom. The Balaban J connectivity index is 3.00. The van der Waals surface area contributed by atoms with E-state index >= 15 is 0 Å². The molecule has 0 spiro atoms. The second kappa shape index (κ2) is 8.15. The average Bonchev–Trinajstić information content (AvgIpc) is 2.05. The predicted molar refractivity (Wildman–Crippen MR) is 66.6 cm³/mol. The Kier molecular flexibility index (Phi) is 7.21. The van der Waals surface area contributed by atoms with Crippen LogP contribution in [0.15, 0.2) is 35.0 Å². The molecule has 0 aliphatic carbocycles. The van der Waals surface area contributed by atoms with Gasteiger partial charge < -0.3 is 0 Å². The predicted octanol–water partition coefficient (Wildman–Crippen LogP) is 5.43. The van der Waals surface area contributed by atoms with Gasteiger partial charge in [-0.05, 0) is 37.4 Å². The van der Waals surface area contributed by atoms with Crippen LogP contribution in [0.2, 0.25) is 0 Å².